The van der Waals surface area contributed by atoms with Crippen LogP contribution in [-0.4, -0.2) is 62.8 Å². The van der Waals surface area contributed by atoms with Crippen molar-refractivity contribution in [2.75, 3.05) is 46.6 Å². The van der Waals surface area contributed by atoms with E-state index in [1.54, 1.807) is 13.3 Å². The van der Waals surface area contributed by atoms with E-state index in [1.165, 1.54) is 0 Å². The molecule has 0 aliphatic carbocycles. The summed E-state index contributed by atoms with van der Waals surface area (Å²) in [7, 11) is 1.62. The van der Waals surface area contributed by atoms with Gasteiger partial charge in [0, 0.05) is 19.6 Å². The fraction of sp³-hybridized carbons (Fsp3) is 0.467. The number of hydrogen-bond donors (Lipinski definition) is 2. The predicted octanol–water partition coefficient (Wildman–Crippen LogP) is 0.573. The third-order valence-electron chi connectivity index (χ3n) is 3.34. The number of nitrogens with two attached hydrogens (primary N) is 1. The van der Waals surface area contributed by atoms with Gasteiger partial charge in [0.15, 0.2) is 16.6 Å². The first-order valence-corrected chi connectivity index (χ1v) is 7.79. The molecule has 0 amide bonds. The van der Waals surface area contributed by atoms with Crippen molar-refractivity contribution in [3.63, 3.8) is 0 Å². The number of hydrazone groups is 1. The van der Waals surface area contributed by atoms with Gasteiger partial charge >= 0.3 is 0 Å². The average Bonchev–Trinajstić information content (AvgIpc) is 2.56. The Labute approximate surface area is 141 Å². The van der Waals surface area contributed by atoms with E-state index in [9.17, 15) is 0 Å². The lowest BCUT2D eigenvalue weighted by atomic mass is 10.2. The highest BCUT2D eigenvalue weighted by molar-refractivity contribution is 7.80. The summed E-state index contributed by atoms with van der Waals surface area (Å²) in [6.07, 6.45) is 1.62. The zero-order valence-corrected chi connectivity index (χ0v) is 14.0. The topological polar surface area (TPSA) is 81.3 Å². The third-order valence-corrected chi connectivity index (χ3v) is 3.44. The van der Waals surface area contributed by atoms with E-state index in [-0.39, 0.29) is 5.11 Å². The van der Waals surface area contributed by atoms with Crippen molar-refractivity contribution in [3.8, 4) is 11.5 Å². The Morgan fingerprint density at radius 1 is 1.43 bits per heavy atom. The summed E-state index contributed by atoms with van der Waals surface area (Å²) in [4.78, 5) is 2.31. The number of benzene rings is 1. The number of ether oxygens (including phenoxy) is 3. The number of thiocarbonyl (C=S) groups is 1. The van der Waals surface area contributed by atoms with Crippen LogP contribution in [0.4, 0.5) is 0 Å². The molecule has 0 spiro atoms. The molecule has 1 heterocycles. The Balaban J connectivity index is 1.92. The van der Waals surface area contributed by atoms with E-state index >= 15 is 0 Å². The smallest absolute Gasteiger partial charge is 0.184 e. The molecular weight excluding hydrogens is 316 g/mol. The first-order chi connectivity index (χ1) is 11.2. The summed E-state index contributed by atoms with van der Waals surface area (Å²) in [6.45, 7) is 4.89. The highest BCUT2D eigenvalue weighted by atomic mass is 32.1. The number of nitrogens with zero attached hydrogens (tertiary/aromatic N) is 2. The van der Waals surface area contributed by atoms with Crippen LogP contribution in [0.2, 0.25) is 0 Å². The summed E-state index contributed by atoms with van der Waals surface area (Å²) in [5, 5.41) is 4.05. The van der Waals surface area contributed by atoms with Crippen LogP contribution >= 0.6 is 12.2 Å². The molecule has 0 atom stereocenters. The van der Waals surface area contributed by atoms with E-state index in [4.69, 9.17) is 32.2 Å². The van der Waals surface area contributed by atoms with Crippen molar-refractivity contribution in [2.45, 2.75) is 0 Å². The van der Waals surface area contributed by atoms with Gasteiger partial charge in [0.05, 0.1) is 26.5 Å². The summed E-state index contributed by atoms with van der Waals surface area (Å²) in [5.74, 6) is 1.37. The minimum Gasteiger partial charge on any atom is -0.493 e. The first-order valence-electron chi connectivity index (χ1n) is 7.38. The molecule has 126 valence electrons. The molecule has 7 nitrogen and oxygen atoms in total. The molecule has 1 aliphatic heterocycles. The fourth-order valence-electron chi connectivity index (χ4n) is 2.17. The highest BCUT2D eigenvalue weighted by Gasteiger charge is 2.11. The molecule has 1 aromatic rings. The van der Waals surface area contributed by atoms with Crippen LogP contribution in [0.3, 0.4) is 0 Å². The molecule has 1 aliphatic rings. The number of hydrogen-bond acceptors (Lipinski definition) is 6. The van der Waals surface area contributed by atoms with Gasteiger partial charge in [0.25, 0.3) is 0 Å². The van der Waals surface area contributed by atoms with Crippen molar-refractivity contribution >= 4 is 23.5 Å². The van der Waals surface area contributed by atoms with E-state index in [1.807, 2.05) is 18.2 Å². The van der Waals surface area contributed by atoms with E-state index in [0.29, 0.717) is 18.1 Å². The van der Waals surface area contributed by atoms with E-state index in [0.717, 1.165) is 38.4 Å². The predicted molar refractivity (Wildman–Crippen MR) is 93.3 cm³/mol. The van der Waals surface area contributed by atoms with Crippen LogP contribution in [-0.2, 0) is 4.74 Å². The zero-order valence-electron chi connectivity index (χ0n) is 13.2. The number of rotatable bonds is 7. The summed E-state index contributed by atoms with van der Waals surface area (Å²) in [5.41, 5.74) is 8.69. The zero-order chi connectivity index (χ0) is 16.5. The van der Waals surface area contributed by atoms with Gasteiger partial charge in [0.1, 0.15) is 6.61 Å². The largest absolute Gasteiger partial charge is 0.493 e. The maximum absolute atomic E-state index is 5.86. The van der Waals surface area contributed by atoms with Gasteiger partial charge in [0.2, 0.25) is 0 Å². The summed E-state index contributed by atoms with van der Waals surface area (Å²) >= 11 is 4.69. The number of morpholine rings is 1. The maximum atomic E-state index is 5.86. The van der Waals surface area contributed by atoms with Gasteiger partial charge in [-0.15, -0.1) is 0 Å². The van der Waals surface area contributed by atoms with Crippen molar-refractivity contribution in [2.24, 2.45) is 10.8 Å². The normalized spacial score (nSPS) is 15.5. The van der Waals surface area contributed by atoms with Gasteiger partial charge in [-0.3, -0.25) is 10.3 Å². The van der Waals surface area contributed by atoms with Crippen molar-refractivity contribution in [1.29, 1.82) is 0 Å². The molecule has 23 heavy (non-hydrogen) atoms. The maximum Gasteiger partial charge on any atom is 0.184 e. The van der Waals surface area contributed by atoms with Crippen LogP contribution in [0.25, 0.3) is 0 Å². The van der Waals surface area contributed by atoms with E-state index in [2.05, 4.69) is 15.4 Å². The lowest BCUT2D eigenvalue weighted by Gasteiger charge is -2.26. The minimum absolute atomic E-state index is 0.122. The lowest BCUT2D eigenvalue weighted by Crippen LogP contribution is -2.38. The molecule has 1 saturated heterocycles. The quantitative estimate of drug-likeness (QED) is 0.427. The van der Waals surface area contributed by atoms with Crippen molar-refractivity contribution < 1.29 is 14.2 Å². The molecule has 0 bridgehead atoms. The Kier molecular flexibility index (Phi) is 7.05. The molecule has 8 heteroatoms. The number of nitrogens with one attached hydrogen (secondary N) is 1. The lowest BCUT2D eigenvalue weighted by molar-refractivity contribution is 0.0321. The molecular formula is C15H22N4O3S. The van der Waals surface area contributed by atoms with Gasteiger partial charge < -0.3 is 19.9 Å². The Morgan fingerprint density at radius 2 is 2.22 bits per heavy atom. The third kappa shape index (κ3) is 6.01. The molecule has 1 aromatic carbocycles. The molecule has 1 fully saturated rings. The summed E-state index contributed by atoms with van der Waals surface area (Å²) < 4.78 is 16.5. The molecule has 0 radical (unpaired) electrons. The molecule has 0 aromatic heterocycles. The second-order valence-corrected chi connectivity index (χ2v) is 5.39. The Bertz CT molecular complexity index is 548. The Hall–Kier alpha value is -1.90. The van der Waals surface area contributed by atoms with Gasteiger partial charge in [-0.2, -0.15) is 5.10 Å². The van der Waals surface area contributed by atoms with Crippen LogP contribution in [0.5, 0.6) is 11.5 Å². The number of methoxy groups -OCH3 is 1. The molecule has 3 N–H and O–H groups in total. The van der Waals surface area contributed by atoms with Gasteiger partial charge in [-0.25, -0.2) is 0 Å². The first kappa shape index (κ1) is 17.5. The molecule has 0 saturated carbocycles. The average molecular weight is 338 g/mol. The highest BCUT2D eigenvalue weighted by Crippen LogP contribution is 2.27. The minimum atomic E-state index is 0.122. The van der Waals surface area contributed by atoms with Gasteiger partial charge in [-0.1, -0.05) is 0 Å². The fourth-order valence-corrected chi connectivity index (χ4v) is 2.22. The molecule has 0 unspecified atom stereocenters. The SMILES string of the molecule is COc1ccc(C=NNC(N)=S)cc1OCCN1CCOCC1. The standard InChI is InChI=1S/C15H22N4O3S/c1-20-13-3-2-12(11-17-18-15(16)23)10-14(13)22-9-6-19-4-7-21-8-5-19/h2-3,10-11H,4-9H2,1H3,(H3,16,18,23). The molecule has 2 rings (SSSR count). The monoisotopic (exact) mass is 338 g/mol. The van der Waals surface area contributed by atoms with Crippen molar-refractivity contribution in [1.82, 2.24) is 10.3 Å². The Morgan fingerprint density at radius 3 is 2.91 bits per heavy atom. The summed E-state index contributed by atoms with van der Waals surface area (Å²) in [6, 6.07) is 5.58. The van der Waals surface area contributed by atoms with Crippen LogP contribution in [0.15, 0.2) is 23.3 Å². The van der Waals surface area contributed by atoms with Gasteiger partial charge in [-0.05, 0) is 36.0 Å². The second kappa shape index (κ2) is 9.29. The van der Waals surface area contributed by atoms with Crippen LogP contribution in [0, 0.1) is 0 Å². The van der Waals surface area contributed by atoms with E-state index < -0.39 is 0 Å². The van der Waals surface area contributed by atoms with Crippen LogP contribution in [0.1, 0.15) is 5.56 Å². The second-order valence-electron chi connectivity index (χ2n) is 4.95. The van der Waals surface area contributed by atoms with Crippen molar-refractivity contribution in [3.05, 3.63) is 23.8 Å². The van der Waals surface area contributed by atoms with Crippen LogP contribution < -0.4 is 20.6 Å².